The molecule has 1 aromatic heterocycles. The Morgan fingerprint density at radius 2 is 1.38 bits per heavy atom. The van der Waals surface area contributed by atoms with Crippen LogP contribution < -0.4 is 29.6 Å². The highest BCUT2D eigenvalue weighted by Crippen LogP contribution is 2.44. The van der Waals surface area contributed by atoms with Crippen molar-refractivity contribution >= 4 is 11.3 Å². The van der Waals surface area contributed by atoms with Crippen LogP contribution in [0, 0.1) is 5.92 Å². The molecule has 1 fully saturated rings. The third-order valence-corrected chi connectivity index (χ3v) is 7.50. The van der Waals surface area contributed by atoms with Crippen molar-refractivity contribution in [2.45, 2.75) is 19.4 Å². The fourth-order valence-corrected chi connectivity index (χ4v) is 5.57. The van der Waals surface area contributed by atoms with Gasteiger partial charge in [-0.1, -0.05) is 6.07 Å². The Balaban J connectivity index is 1.67. The van der Waals surface area contributed by atoms with Crippen LogP contribution in [-0.2, 0) is 6.54 Å². The van der Waals surface area contributed by atoms with Gasteiger partial charge in [0.1, 0.15) is 0 Å². The first-order valence-electron chi connectivity index (χ1n) is 11.7. The Hall–Kier alpha value is -2.74. The molecule has 34 heavy (non-hydrogen) atoms. The van der Waals surface area contributed by atoms with Crippen molar-refractivity contribution in [2.24, 2.45) is 5.92 Å². The predicted octanol–water partition coefficient (Wildman–Crippen LogP) is 5.21. The maximum absolute atomic E-state index is 5.58. The first kappa shape index (κ1) is 24.4. The topological polar surface area (TPSA) is 61.0 Å². The summed E-state index contributed by atoms with van der Waals surface area (Å²) in [5, 5.41) is 7.13. The smallest absolute Gasteiger partial charge is 0.161 e. The van der Waals surface area contributed by atoms with Crippen molar-refractivity contribution < 1.29 is 18.9 Å². The molecule has 1 saturated heterocycles. The summed E-state index contributed by atoms with van der Waals surface area (Å²) in [4.78, 5) is 2.48. The molecular weight excluding hydrogens is 448 g/mol. The lowest BCUT2D eigenvalue weighted by Crippen LogP contribution is -2.33. The summed E-state index contributed by atoms with van der Waals surface area (Å²) in [6.45, 7) is 4.15. The second-order valence-electron chi connectivity index (χ2n) is 8.42. The zero-order chi connectivity index (χ0) is 23.9. The van der Waals surface area contributed by atoms with Crippen LogP contribution >= 0.6 is 11.3 Å². The SMILES string of the molecule is COc1ccc(-c2cc(CNCC3CCNCC3)sc2-c2ccc(OC)c(OC)c2)cc1OC. The van der Waals surface area contributed by atoms with E-state index < -0.39 is 0 Å². The van der Waals surface area contributed by atoms with E-state index in [0.29, 0.717) is 0 Å². The van der Waals surface area contributed by atoms with Crippen molar-refractivity contribution in [3.63, 3.8) is 0 Å². The minimum atomic E-state index is 0.718. The van der Waals surface area contributed by atoms with Crippen LogP contribution in [0.5, 0.6) is 23.0 Å². The summed E-state index contributed by atoms with van der Waals surface area (Å²) >= 11 is 1.81. The molecule has 2 aromatic carbocycles. The number of rotatable bonds is 10. The van der Waals surface area contributed by atoms with E-state index in [-0.39, 0.29) is 0 Å². The largest absolute Gasteiger partial charge is 0.493 e. The Morgan fingerprint density at radius 3 is 2.00 bits per heavy atom. The molecule has 0 saturated carbocycles. The Morgan fingerprint density at radius 1 is 0.794 bits per heavy atom. The fourth-order valence-electron chi connectivity index (χ4n) is 4.42. The van der Waals surface area contributed by atoms with Gasteiger partial charge in [0.15, 0.2) is 23.0 Å². The number of benzene rings is 2. The van der Waals surface area contributed by atoms with E-state index in [1.807, 2.05) is 24.3 Å². The van der Waals surface area contributed by atoms with Gasteiger partial charge in [-0.3, -0.25) is 0 Å². The molecule has 6 nitrogen and oxygen atoms in total. The summed E-state index contributed by atoms with van der Waals surface area (Å²) in [6.07, 6.45) is 2.48. The molecule has 1 aliphatic rings. The number of thiophene rings is 1. The molecule has 1 aliphatic heterocycles. The Bertz CT molecular complexity index is 1020. The molecule has 0 radical (unpaired) electrons. The number of hydrogen-bond acceptors (Lipinski definition) is 7. The van der Waals surface area contributed by atoms with Gasteiger partial charge < -0.3 is 29.6 Å². The van der Waals surface area contributed by atoms with Crippen molar-refractivity contribution in [3.8, 4) is 44.6 Å². The van der Waals surface area contributed by atoms with Crippen LogP contribution in [0.1, 0.15) is 17.7 Å². The van der Waals surface area contributed by atoms with Gasteiger partial charge in [0.2, 0.25) is 0 Å². The summed E-state index contributed by atoms with van der Waals surface area (Å²) in [7, 11) is 6.65. The van der Waals surface area contributed by atoms with E-state index in [9.17, 15) is 0 Å². The van der Waals surface area contributed by atoms with Crippen molar-refractivity contribution in [1.29, 1.82) is 0 Å². The maximum Gasteiger partial charge on any atom is 0.161 e. The zero-order valence-electron chi connectivity index (χ0n) is 20.4. The molecule has 0 spiro atoms. The number of ether oxygens (including phenoxy) is 4. The zero-order valence-corrected chi connectivity index (χ0v) is 21.2. The first-order valence-corrected chi connectivity index (χ1v) is 12.5. The fraction of sp³-hybridized carbons (Fsp3) is 0.407. The Kier molecular flexibility index (Phi) is 8.32. The van der Waals surface area contributed by atoms with Gasteiger partial charge in [-0.2, -0.15) is 0 Å². The summed E-state index contributed by atoms with van der Waals surface area (Å²) in [5.74, 6) is 3.63. The second-order valence-corrected chi connectivity index (χ2v) is 9.56. The third-order valence-electron chi connectivity index (χ3n) is 6.31. The second kappa shape index (κ2) is 11.6. The summed E-state index contributed by atoms with van der Waals surface area (Å²) in [5.41, 5.74) is 3.34. The van der Waals surface area contributed by atoms with E-state index in [4.69, 9.17) is 18.9 Å². The monoisotopic (exact) mass is 482 g/mol. The molecule has 3 aromatic rings. The molecule has 0 atom stereocenters. The molecule has 0 unspecified atom stereocenters. The average Bonchev–Trinajstić information content (AvgIpc) is 3.32. The summed E-state index contributed by atoms with van der Waals surface area (Å²) in [6, 6.07) is 14.5. The quantitative estimate of drug-likeness (QED) is 0.414. The van der Waals surface area contributed by atoms with Crippen LogP contribution in [0.2, 0.25) is 0 Å². The molecule has 0 amide bonds. The first-order chi connectivity index (χ1) is 16.7. The van der Waals surface area contributed by atoms with Crippen LogP contribution in [0.25, 0.3) is 21.6 Å². The van der Waals surface area contributed by atoms with Gasteiger partial charge in [0, 0.05) is 21.9 Å². The average molecular weight is 483 g/mol. The molecule has 4 rings (SSSR count). The van der Waals surface area contributed by atoms with Gasteiger partial charge in [-0.15, -0.1) is 11.3 Å². The normalized spacial score (nSPS) is 14.1. The van der Waals surface area contributed by atoms with Crippen molar-refractivity contribution in [2.75, 3.05) is 48.1 Å². The minimum absolute atomic E-state index is 0.718. The molecule has 7 heteroatoms. The van der Waals surface area contributed by atoms with Gasteiger partial charge in [0.05, 0.1) is 28.4 Å². The predicted molar refractivity (Wildman–Crippen MR) is 139 cm³/mol. The molecule has 182 valence electrons. The van der Waals surface area contributed by atoms with E-state index in [0.717, 1.165) is 71.8 Å². The molecule has 0 bridgehead atoms. The van der Waals surface area contributed by atoms with Gasteiger partial charge in [0.25, 0.3) is 0 Å². The number of nitrogens with one attached hydrogen (secondary N) is 2. The Labute approximate surface area is 206 Å². The lowest BCUT2D eigenvalue weighted by molar-refractivity contribution is 0.355. The highest BCUT2D eigenvalue weighted by Gasteiger charge is 2.18. The van der Waals surface area contributed by atoms with E-state index in [2.05, 4.69) is 28.8 Å². The van der Waals surface area contributed by atoms with Crippen LogP contribution in [-0.4, -0.2) is 48.1 Å². The third kappa shape index (κ3) is 5.49. The molecule has 0 aliphatic carbocycles. The summed E-state index contributed by atoms with van der Waals surface area (Å²) < 4.78 is 22.0. The van der Waals surface area contributed by atoms with E-state index in [1.165, 1.54) is 22.6 Å². The lowest BCUT2D eigenvalue weighted by Gasteiger charge is -2.22. The van der Waals surface area contributed by atoms with Crippen LogP contribution in [0.3, 0.4) is 0 Å². The maximum atomic E-state index is 5.58. The highest BCUT2D eigenvalue weighted by atomic mass is 32.1. The van der Waals surface area contributed by atoms with E-state index >= 15 is 0 Å². The van der Waals surface area contributed by atoms with Crippen molar-refractivity contribution in [3.05, 3.63) is 47.3 Å². The van der Waals surface area contributed by atoms with Gasteiger partial charge >= 0.3 is 0 Å². The molecule has 2 heterocycles. The van der Waals surface area contributed by atoms with Gasteiger partial charge in [-0.05, 0) is 85.9 Å². The number of hydrogen-bond donors (Lipinski definition) is 2. The van der Waals surface area contributed by atoms with E-state index in [1.54, 1.807) is 39.8 Å². The van der Waals surface area contributed by atoms with Gasteiger partial charge in [-0.25, -0.2) is 0 Å². The standard InChI is InChI=1S/C27H34N2O4S/c1-30-23-7-5-19(13-25(23)32-3)22-15-21(17-29-16-18-9-11-28-12-10-18)34-27(22)20-6-8-24(31-2)26(14-20)33-4/h5-8,13-15,18,28-29H,9-12,16-17H2,1-4H3. The number of methoxy groups -OCH3 is 4. The minimum Gasteiger partial charge on any atom is -0.493 e. The number of piperidine rings is 1. The molecular formula is C27H34N2O4S. The van der Waals surface area contributed by atoms with Crippen molar-refractivity contribution in [1.82, 2.24) is 10.6 Å². The lowest BCUT2D eigenvalue weighted by atomic mass is 9.98. The molecule has 2 N–H and O–H groups in total. The highest BCUT2D eigenvalue weighted by molar-refractivity contribution is 7.16. The van der Waals surface area contributed by atoms with Crippen LogP contribution in [0.15, 0.2) is 42.5 Å². The van der Waals surface area contributed by atoms with Crippen LogP contribution in [0.4, 0.5) is 0 Å².